The lowest BCUT2D eigenvalue weighted by atomic mass is 10.0. The van der Waals surface area contributed by atoms with Crippen LogP contribution in [0.1, 0.15) is 18.4 Å². The quantitative estimate of drug-likeness (QED) is 0.858. The first kappa shape index (κ1) is 13.7. The van der Waals surface area contributed by atoms with E-state index in [0.29, 0.717) is 17.6 Å². The molecule has 18 heavy (non-hydrogen) atoms. The molecule has 2 rings (SSSR count). The van der Waals surface area contributed by atoms with Crippen LogP contribution >= 0.6 is 15.9 Å². The Bertz CT molecular complexity index is 434. The number of hydrogen-bond donors (Lipinski definition) is 1. The lowest BCUT2D eigenvalue weighted by Crippen LogP contribution is -2.43. The summed E-state index contributed by atoms with van der Waals surface area (Å²) in [6.07, 6.45) is -2.64. The molecule has 0 unspecified atom stereocenters. The molecular weight excluding hydrogens is 309 g/mol. The molecule has 1 aromatic carbocycles. The second-order valence-corrected chi connectivity index (χ2v) is 5.42. The third-order valence-corrected chi connectivity index (χ3v) is 3.56. The summed E-state index contributed by atoms with van der Waals surface area (Å²) in [5, 5.41) is 0. The third-order valence-electron chi connectivity index (χ3n) is 3.06. The maximum Gasteiger partial charge on any atom is 0.418 e. The Hall–Kier alpha value is -0.750. The molecule has 0 aromatic heterocycles. The van der Waals surface area contributed by atoms with E-state index in [1.54, 1.807) is 4.90 Å². The van der Waals surface area contributed by atoms with E-state index in [9.17, 15) is 13.2 Å². The Labute approximate surface area is 112 Å². The summed E-state index contributed by atoms with van der Waals surface area (Å²) in [6.45, 7) is 1.09. The molecule has 0 radical (unpaired) electrons. The summed E-state index contributed by atoms with van der Waals surface area (Å²) in [4.78, 5) is 1.72. The van der Waals surface area contributed by atoms with Gasteiger partial charge in [-0.1, -0.05) is 15.9 Å². The minimum Gasteiger partial charge on any atom is -0.369 e. The van der Waals surface area contributed by atoms with Gasteiger partial charge >= 0.3 is 6.18 Å². The Kier molecular flexibility index (Phi) is 3.87. The van der Waals surface area contributed by atoms with E-state index in [1.165, 1.54) is 12.1 Å². The van der Waals surface area contributed by atoms with Crippen LogP contribution in [-0.2, 0) is 6.18 Å². The fraction of sp³-hybridized carbons (Fsp3) is 0.500. The van der Waals surface area contributed by atoms with Gasteiger partial charge in [-0.2, -0.15) is 13.2 Å². The fourth-order valence-corrected chi connectivity index (χ4v) is 2.58. The van der Waals surface area contributed by atoms with Gasteiger partial charge < -0.3 is 10.6 Å². The van der Waals surface area contributed by atoms with Crippen molar-refractivity contribution in [2.24, 2.45) is 5.73 Å². The molecule has 0 spiro atoms. The molecule has 1 aromatic rings. The predicted molar refractivity (Wildman–Crippen MR) is 68.6 cm³/mol. The largest absolute Gasteiger partial charge is 0.418 e. The number of rotatable bonds is 1. The molecule has 1 atom stereocenters. The van der Waals surface area contributed by atoms with Crippen LogP contribution in [0.4, 0.5) is 18.9 Å². The Morgan fingerprint density at radius 1 is 1.33 bits per heavy atom. The van der Waals surface area contributed by atoms with Crippen LogP contribution < -0.4 is 10.6 Å². The van der Waals surface area contributed by atoms with Gasteiger partial charge in [0, 0.05) is 23.6 Å². The lowest BCUT2D eigenvalue weighted by Gasteiger charge is -2.34. The molecule has 0 aliphatic carbocycles. The summed E-state index contributed by atoms with van der Waals surface area (Å²) in [6, 6.07) is 3.98. The van der Waals surface area contributed by atoms with Crippen molar-refractivity contribution in [2.75, 3.05) is 18.0 Å². The normalized spacial score (nSPS) is 21.2. The maximum atomic E-state index is 13.0. The summed E-state index contributed by atoms with van der Waals surface area (Å²) < 4.78 is 39.5. The van der Waals surface area contributed by atoms with Crippen LogP contribution in [0.3, 0.4) is 0 Å². The molecule has 0 bridgehead atoms. The van der Waals surface area contributed by atoms with Crippen LogP contribution in [0, 0.1) is 0 Å². The minimum atomic E-state index is -4.34. The van der Waals surface area contributed by atoms with Crippen molar-refractivity contribution in [1.82, 2.24) is 0 Å². The third kappa shape index (κ3) is 2.98. The number of anilines is 1. The molecule has 1 heterocycles. The highest BCUT2D eigenvalue weighted by atomic mass is 79.9. The number of alkyl halides is 3. The first-order valence-corrected chi connectivity index (χ1v) is 6.54. The molecule has 2 nitrogen and oxygen atoms in total. The van der Waals surface area contributed by atoms with Gasteiger partial charge in [0.25, 0.3) is 0 Å². The van der Waals surface area contributed by atoms with Gasteiger partial charge in [0.1, 0.15) is 0 Å². The highest BCUT2D eigenvalue weighted by Crippen LogP contribution is 2.38. The predicted octanol–water partition coefficient (Wildman–Crippen LogP) is 3.40. The van der Waals surface area contributed by atoms with Crippen molar-refractivity contribution >= 4 is 21.6 Å². The maximum absolute atomic E-state index is 13.0. The molecule has 0 amide bonds. The van der Waals surface area contributed by atoms with Crippen LogP contribution in [0.5, 0.6) is 0 Å². The number of hydrogen-bond acceptors (Lipinski definition) is 2. The second-order valence-electron chi connectivity index (χ2n) is 4.51. The topological polar surface area (TPSA) is 29.3 Å². The van der Waals surface area contributed by atoms with E-state index in [1.807, 2.05) is 0 Å². The molecule has 100 valence electrons. The SMILES string of the molecule is N[C@@H]1CCCN(c2cc(Br)ccc2C(F)(F)F)C1. The first-order valence-electron chi connectivity index (χ1n) is 5.75. The number of piperidine rings is 1. The molecule has 1 fully saturated rings. The van der Waals surface area contributed by atoms with Crippen molar-refractivity contribution in [3.8, 4) is 0 Å². The minimum absolute atomic E-state index is 0.0567. The average molecular weight is 323 g/mol. The zero-order valence-corrected chi connectivity index (χ0v) is 11.3. The van der Waals surface area contributed by atoms with Crippen LogP contribution in [0.2, 0.25) is 0 Å². The second kappa shape index (κ2) is 5.09. The Morgan fingerprint density at radius 2 is 2.06 bits per heavy atom. The van der Waals surface area contributed by atoms with E-state index >= 15 is 0 Å². The monoisotopic (exact) mass is 322 g/mol. The first-order chi connectivity index (χ1) is 8.38. The standard InChI is InChI=1S/C12H14BrF3N2/c13-8-3-4-10(12(14,15)16)11(6-8)18-5-1-2-9(17)7-18/h3-4,6,9H,1-2,5,7,17H2/t9-/m1/s1. The molecule has 6 heteroatoms. The summed E-state index contributed by atoms with van der Waals surface area (Å²) in [5.74, 6) is 0. The smallest absolute Gasteiger partial charge is 0.369 e. The van der Waals surface area contributed by atoms with E-state index in [-0.39, 0.29) is 11.7 Å². The van der Waals surface area contributed by atoms with Gasteiger partial charge in [-0.05, 0) is 31.0 Å². The number of benzene rings is 1. The van der Waals surface area contributed by atoms with E-state index in [2.05, 4.69) is 15.9 Å². The van der Waals surface area contributed by atoms with Crippen molar-refractivity contribution in [1.29, 1.82) is 0 Å². The van der Waals surface area contributed by atoms with E-state index in [0.717, 1.165) is 18.9 Å². The van der Waals surface area contributed by atoms with E-state index in [4.69, 9.17) is 5.73 Å². The highest BCUT2D eigenvalue weighted by Gasteiger charge is 2.35. The molecule has 1 aliphatic heterocycles. The molecular formula is C12H14BrF3N2. The molecule has 2 N–H and O–H groups in total. The Balaban J connectivity index is 2.38. The van der Waals surface area contributed by atoms with Gasteiger partial charge in [-0.3, -0.25) is 0 Å². The number of nitrogens with two attached hydrogens (primary N) is 1. The summed E-state index contributed by atoms with van der Waals surface area (Å²) in [7, 11) is 0. The summed E-state index contributed by atoms with van der Waals surface area (Å²) >= 11 is 3.22. The van der Waals surface area contributed by atoms with Crippen molar-refractivity contribution < 1.29 is 13.2 Å². The zero-order valence-electron chi connectivity index (χ0n) is 9.67. The van der Waals surface area contributed by atoms with Gasteiger partial charge in [-0.15, -0.1) is 0 Å². The van der Waals surface area contributed by atoms with Gasteiger partial charge in [0.15, 0.2) is 0 Å². The molecule has 1 saturated heterocycles. The lowest BCUT2D eigenvalue weighted by molar-refractivity contribution is -0.137. The van der Waals surface area contributed by atoms with Crippen LogP contribution in [-0.4, -0.2) is 19.1 Å². The zero-order chi connectivity index (χ0) is 13.3. The fourth-order valence-electron chi connectivity index (χ4n) is 2.23. The van der Waals surface area contributed by atoms with Crippen LogP contribution in [0.15, 0.2) is 22.7 Å². The average Bonchev–Trinajstić information content (AvgIpc) is 2.27. The Morgan fingerprint density at radius 3 is 2.67 bits per heavy atom. The van der Waals surface area contributed by atoms with E-state index < -0.39 is 11.7 Å². The van der Waals surface area contributed by atoms with Gasteiger partial charge in [0.2, 0.25) is 0 Å². The van der Waals surface area contributed by atoms with Crippen molar-refractivity contribution in [2.45, 2.75) is 25.1 Å². The highest BCUT2D eigenvalue weighted by molar-refractivity contribution is 9.10. The van der Waals surface area contributed by atoms with Crippen LogP contribution in [0.25, 0.3) is 0 Å². The molecule has 1 aliphatic rings. The van der Waals surface area contributed by atoms with Crippen molar-refractivity contribution in [3.05, 3.63) is 28.2 Å². The number of nitrogens with zero attached hydrogens (tertiary/aromatic N) is 1. The molecule has 0 saturated carbocycles. The van der Waals surface area contributed by atoms with Gasteiger partial charge in [0.05, 0.1) is 11.3 Å². The number of halogens is 4. The van der Waals surface area contributed by atoms with Crippen molar-refractivity contribution in [3.63, 3.8) is 0 Å². The van der Waals surface area contributed by atoms with Gasteiger partial charge in [-0.25, -0.2) is 0 Å². The summed E-state index contributed by atoms with van der Waals surface area (Å²) in [5.41, 5.74) is 5.44.